The number of carbonyl (C=O) groups excluding carboxylic acids is 2. The zero-order chi connectivity index (χ0) is 22.5. The average Bonchev–Trinajstić information content (AvgIpc) is 2.66. The van der Waals surface area contributed by atoms with Crippen molar-refractivity contribution in [2.24, 2.45) is 0 Å². The highest BCUT2D eigenvalue weighted by Crippen LogP contribution is 2.33. The molecule has 2 aromatic carbocycles. The Labute approximate surface area is 175 Å². The summed E-state index contributed by atoms with van der Waals surface area (Å²) in [6, 6.07) is 8.46. The second kappa shape index (κ2) is 9.48. The zero-order valence-corrected chi connectivity index (χ0v) is 17.2. The maximum atomic E-state index is 12.7. The Kier molecular flexibility index (Phi) is 7.49. The standard InChI is InChI=1S/C19H17ClF3NO5S/c1-12-2-5-14(6-3-12)30(27,28)9-8-18(26)29-11-17(25)24-16-10-13(19(21,22)23)4-7-15(16)20/h2-7,10H,8-9,11H2,1H3,(H,24,25). The number of nitrogens with one attached hydrogen (secondary N) is 1. The number of aryl methyl sites for hydroxylation is 1. The predicted molar refractivity (Wildman–Crippen MR) is 104 cm³/mol. The number of rotatable bonds is 7. The minimum atomic E-state index is -4.63. The molecule has 0 atom stereocenters. The average molecular weight is 464 g/mol. The van der Waals surface area contributed by atoms with Crippen molar-refractivity contribution >= 4 is 39.0 Å². The van der Waals surface area contributed by atoms with Crippen molar-refractivity contribution in [2.75, 3.05) is 17.7 Å². The van der Waals surface area contributed by atoms with Gasteiger partial charge in [0.25, 0.3) is 5.91 Å². The summed E-state index contributed by atoms with van der Waals surface area (Å²) in [6.45, 7) is 0.987. The molecule has 0 saturated heterocycles. The molecule has 30 heavy (non-hydrogen) atoms. The zero-order valence-electron chi connectivity index (χ0n) is 15.6. The third-order valence-electron chi connectivity index (χ3n) is 3.89. The fraction of sp³-hybridized carbons (Fsp3) is 0.263. The molecule has 1 amide bonds. The van der Waals surface area contributed by atoms with Gasteiger partial charge in [0.05, 0.1) is 33.3 Å². The van der Waals surface area contributed by atoms with Gasteiger partial charge in [-0.15, -0.1) is 0 Å². The molecule has 0 aromatic heterocycles. The van der Waals surface area contributed by atoms with Crippen LogP contribution in [0.1, 0.15) is 17.5 Å². The van der Waals surface area contributed by atoms with Crippen LogP contribution in [0.5, 0.6) is 0 Å². The molecular formula is C19H17ClF3NO5S. The minimum absolute atomic E-state index is 0.0535. The third kappa shape index (κ3) is 6.74. The molecule has 0 radical (unpaired) electrons. The number of hydrogen-bond donors (Lipinski definition) is 1. The van der Waals surface area contributed by atoms with E-state index in [9.17, 15) is 31.2 Å². The van der Waals surface area contributed by atoms with Crippen LogP contribution in [0.15, 0.2) is 47.4 Å². The number of amides is 1. The van der Waals surface area contributed by atoms with Crippen LogP contribution < -0.4 is 5.32 Å². The molecule has 0 fully saturated rings. The molecule has 0 aliphatic carbocycles. The SMILES string of the molecule is Cc1ccc(S(=O)(=O)CCC(=O)OCC(=O)Nc2cc(C(F)(F)F)ccc2Cl)cc1. The highest BCUT2D eigenvalue weighted by molar-refractivity contribution is 7.91. The molecule has 2 aromatic rings. The van der Waals surface area contributed by atoms with Gasteiger partial charge in [-0.1, -0.05) is 29.3 Å². The van der Waals surface area contributed by atoms with Crippen LogP contribution in [-0.4, -0.2) is 32.7 Å². The molecule has 0 bridgehead atoms. The first-order valence-electron chi connectivity index (χ1n) is 8.50. The van der Waals surface area contributed by atoms with Crippen molar-refractivity contribution in [1.82, 2.24) is 0 Å². The lowest BCUT2D eigenvalue weighted by Crippen LogP contribution is -2.22. The van der Waals surface area contributed by atoms with Gasteiger partial charge in [-0.2, -0.15) is 13.2 Å². The van der Waals surface area contributed by atoms with E-state index in [1.165, 1.54) is 12.1 Å². The quantitative estimate of drug-likeness (QED) is 0.626. The van der Waals surface area contributed by atoms with E-state index in [0.29, 0.717) is 6.07 Å². The first-order chi connectivity index (χ1) is 13.9. The number of carbonyl (C=O) groups is 2. The lowest BCUT2D eigenvalue weighted by molar-refractivity contribution is -0.146. The molecule has 0 aliphatic rings. The molecule has 162 valence electrons. The van der Waals surface area contributed by atoms with Crippen molar-refractivity contribution < 1.29 is 35.9 Å². The normalized spacial score (nSPS) is 11.8. The molecule has 0 saturated carbocycles. The topological polar surface area (TPSA) is 89.5 Å². The van der Waals surface area contributed by atoms with E-state index in [2.05, 4.69) is 10.1 Å². The van der Waals surface area contributed by atoms with E-state index < -0.39 is 52.2 Å². The number of alkyl halides is 3. The van der Waals surface area contributed by atoms with Gasteiger partial charge in [0.2, 0.25) is 0 Å². The second-order valence-electron chi connectivity index (χ2n) is 6.28. The number of sulfone groups is 1. The summed E-state index contributed by atoms with van der Waals surface area (Å²) in [6.07, 6.45) is -5.12. The van der Waals surface area contributed by atoms with E-state index in [-0.39, 0.29) is 15.6 Å². The minimum Gasteiger partial charge on any atom is -0.456 e. The van der Waals surface area contributed by atoms with Gasteiger partial charge >= 0.3 is 12.1 Å². The van der Waals surface area contributed by atoms with Gasteiger partial charge in [-0.05, 0) is 37.3 Å². The predicted octanol–water partition coefficient (Wildman–Crippen LogP) is 4.01. The first kappa shape index (κ1) is 23.7. The molecule has 6 nitrogen and oxygen atoms in total. The van der Waals surface area contributed by atoms with Crippen LogP contribution in [-0.2, 0) is 30.3 Å². The Morgan fingerprint density at radius 1 is 1.10 bits per heavy atom. The summed E-state index contributed by atoms with van der Waals surface area (Å²) in [5, 5.41) is 1.98. The van der Waals surface area contributed by atoms with E-state index in [1.807, 2.05) is 0 Å². The summed E-state index contributed by atoms with van der Waals surface area (Å²) in [7, 11) is -3.71. The summed E-state index contributed by atoms with van der Waals surface area (Å²) < 4.78 is 67.3. The van der Waals surface area contributed by atoms with Crippen LogP contribution in [0.3, 0.4) is 0 Å². The monoisotopic (exact) mass is 463 g/mol. The molecule has 0 heterocycles. The van der Waals surface area contributed by atoms with Crippen LogP contribution >= 0.6 is 11.6 Å². The van der Waals surface area contributed by atoms with E-state index >= 15 is 0 Å². The van der Waals surface area contributed by atoms with Gasteiger partial charge in [0.1, 0.15) is 0 Å². The molecule has 11 heteroatoms. The Hall–Kier alpha value is -2.59. The number of ether oxygens (including phenoxy) is 1. The van der Waals surface area contributed by atoms with Gasteiger partial charge in [0, 0.05) is 0 Å². The van der Waals surface area contributed by atoms with Crippen molar-refractivity contribution in [3.8, 4) is 0 Å². The Balaban J connectivity index is 1.88. The van der Waals surface area contributed by atoms with E-state index in [1.54, 1.807) is 19.1 Å². The molecule has 0 aliphatic heterocycles. The highest BCUT2D eigenvalue weighted by atomic mass is 35.5. The summed E-state index contributed by atoms with van der Waals surface area (Å²) >= 11 is 5.76. The number of halogens is 4. The molecule has 2 rings (SSSR count). The Morgan fingerprint density at radius 2 is 1.73 bits per heavy atom. The lowest BCUT2D eigenvalue weighted by Gasteiger charge is -2.12. The lowest BCUT2D eigenvalue weighted by atomic mass is 10.2. The first-order valence-corrected chi connectivity index (χ1v) is 10.5. The third-order valence-corrected chi connectivity index (χ3v) is 5.95. The van der Waals surface area contributed by atoms with Crippen LogP contribution in [0.4, 0.5) is 18.9 Å². The second-order valence-corrected chi connectivity index (χ2v) is 8.80. The van der Waals surface area contributed by atoms with Crippen molar-refractivity contribution in [3.05, 3.63) is 58.6 Å². The Bertz CT molecular complexity index is 1040. The van der Waals surface area contributed by atoms with Crippen LogP contribution in [0.2, 0.25) is 5.02 Å². The molecular weight excluding hydrogens is 447 g/mol. The maximum Gasteiger partial charge on any atom is 0.416 e. The fourth-order valence-electron chi connectivity index (χ4n) is 2.28. The summed E-state index contributed by atoms with van der Waals surface area (Å²) in [5.74, 6) is -2.39. The number of hydrogen-bond acceptors (Lipinski definition) is 5. The number of anilines is 1. The molecule has 0 unspecified atom stereocenters. The fourth-order valence-corrected chi connectivity index (χ4v) is 3.67. The summed E-state index contributed by atoms with van der Waals surface area (Å²) in [4.78, 5) is 23.6. The van der Waals surface area contributed by atoms with Gasteiger partial charge in [0.15, 0.2) is 16.4 Å². The maximum absolute atomic E-state index is 12.7. The largest absolute Gasteiger partial charge is 0.456 e. The molecule has 0 spiro atoms. The highest BCUT2D eigenvalue weighted by Gasteiger charge is 2.31. The van der Waals surface area contributed by atoms with Crippen LogP contribution in [0.25, 0.3) is 0 Å². The van der Waals surface area contributed by atoms with Crippen molar-refractivity contribution in [2.45, 2.75) is 24.4 Å². The summed E-state index contributed by atoms with van der Waals surface area (Å²) in [5.41, 5.74) is -0.435. The van der Waals surface area contributed by atoms with Crippen molar-refractivity contribution in [1.29, 1.82) is 0 Å². The van der Waals surface area contributed by atoms with Crippen molar-refractivity contribution in [3.63, 3.8) is 0 Å². The van der Waals surface area contributed by atoms with E-state index in [0.717, 1.165) is 17.7 Å². The van der Waals surface area contributed by atoms with E-state index in [4.69, 9.17) is 11.6 Å². The van der Waals surface area contributed by atoms with Gasteiger partial charge in [-0.25, -0.2) is 8.42 Å². The number of benzene rings is 2. The Morgan fingerprint density at radius 3 is 2.33 bits per heavy atom. The van der Waals surface area contributed by atoms with Gasteiger partial charge < -0.3 is 10.1 Å². The smallest absolute Gasteiger partial charge is 0.416 e. The van der Waals surface area contributed by atoms with Crippen LogP contribution in [0, 0.1) is 6.92 Å². The number of esters is 1. The molecule has 1 N–H and O–H groups in total. The van der Waals surface area contributed by atoms with Gasteiger partial charge in [-0.3, -0.25) is 9.59 Å².